The molecule has 0 aromatic rings. The van der Waals surface area contributed by atoms with E-state index in [0.29, 0.717) is 0 Å². The number of unbranched alkanes of at least 4 members (excludes halogenated alkanes) is 2. The van der Waals surface area contributed by atoms with Gasteiger partial charge in [0.25, 0.3) is 0 Å². The first-order valence-electron chi connectivity index (χ1n) is 4.21. The van der Waals surface area contributed by atoms with Crippen LogP contribution >= 0.6 is 0 Å². The third-order valence-electron chi connectivity index (χ3n) is 1.66. The minimum Gasteiger partial charge on any atom is -0.387 e. The second-order valence-electron chi connectivity index (χ2n) is 2.67. The van der Waals surface area contributed by atoms with Crippen LogP contribution in [0.25, 0.3) is 0 Å². The standard InChI is InChI=1S/C9H15NO/c1-2-3-4-6-9-7-5-8-10-11-9/h5,7-8,10H,2-4,6H2,1H3. The Balaban J connectivity index is 2.15. The highest BCUT2D eigenvalue weighted by atomic mass is 16.6. The predicted molar refractivity (Wildman–Crippen MR) is 45.6 cm³/mol. The number of hydrogen-bond acceptors (Lipinski definition) is 2. The molecule has 0 radical (unpaired) electrons. The van der Waals surface area contributed by atoms with Gasteiger partial charge >= 0.3 is 0 Å². The fourth-order valence-corrected chi connectivity index (χ4v) is 1.02. The van der Waals surface area contributed by atoms with Gasteiger partial charge in [-0.1, -0.05) is 19.8 Å². The summed E-state index contributed by atoms with van der Waals surface area (Å²) < 4.78 is 0. The first kappa shape index (κ1) is 8.18. The lowest BCUT2D eigenvalue weighted by atomic mass is 10.2. The molecule has 0 saturated carbocycles. The Bertz CT molecular complexity index is 161. The predicted octanol–water partition coefficient (Wildman–Crippen LogP) is 2.50. The molecule has 0 unspecified atom stereocenters. The van der Waals surface area contributed by atoms with Gasteiger partial charge in [-0.25, -0.2) is 5.48 Å². The number of allylic oxidation sites excluding steroid dienone is 3. The fourth-order valence-electron chi connectivity index (χ4n) is 1.02. The molecule has 0 saturated heterocycles. The van der Waals surface area contributed by atoms with Crippen molar-refractivity contribution in [2.45, 2.75) is 32.6 Å². The monoisotopic (exact) mass is 153 g/mol. The van der Waals surface area contributed by atoms with Gasteiger partial charge in [0.2, 0.25) is 0 Å². The van der Waals surface area contributed by atoms with Gasteiger partial charge in [0.15, 0.2) is 0 Å². The summed E-state index contributed by atoms with van der Waals surface area (Å²) in [7, 11) is 0. The van der Waals surface area contributed by atoms with E-state index >= 15 is 0 Å². The second-order valence-corrected chi connectivity index (χ2v) is 2.67. The SMILES string of the molecule is CCCCCC1=CC=CNO1. The Labute approximate surface area is 67.9 Å². The molecule has 1 aliphatic heterocycles. The maximum atomic E-state index is 5.15. The zero-order chi connectivity index (χ0) is 7.94. The minimum absolute atomic E-state index is 1.04. The Morgan fingerprint density at radius 2 is 2.36 bits per heavy atom. The molecule has 2 heteroatoms. The van der Waals surface area contributed by atoms with Crippen molar-refractivity contribution >= 4 is 0 Å². The van der Waals surface area contributed by atoms with Crippen molar-refractivity contribution in [3.05, 3.63) is 24.1 Å². The minimum atomic E-state index is 1.04. The van der Waals surface area contributed by atoms with E-state index < -0.39 is 0 Å². The summed E-state index contributed by atoms with van der Waals surface area (Å²) in [5.74, 6) is 1.04. The summed E-state index contributed by atoms with van der Waals surface area (Å²) in [6.45, 7) is 2.20. The summed E-state index contributed by atoms with van der Waals surface area (Å²) in [6.07, 6.45) is 10.6. The molecule has 2 nitrogen and oxygen atoms in total. The van der Waals surface area contributed by atoms with E-state index in [-0.39, 0.29) is 0 Å². The summed E-state index contributed by atoms with van der Waals surface area (Å²) in [4.78, 5) is 5.15. The van der Waals surface area contributed by atoms with Crippen molar-refractivity contribution in [1.29, 1.82) is 0 Å². The molecule has 0 aromatic heterocycles. The molecule has 1 aliphatic rings. The van der Waals surface area contributed by atoms with Crippen molar-refractivity contribution < 1.29 is 4.84 Å². The summed E-state index contributed by atoms with van der Waals surface area (Å²) in [5, 5.41) is 0. The first-order valence-corrected chi connectivity index (χ1v) is 4.21. The van der Waals surface area contributed by atoms with Crippen LogP contribution in [0.3, 0.4) is 0 Å². The van der Waals surface area contributed by atoms with E-state index in [1.54, 1.807) is 6.20 Å². The van der Waals surface area contributed by atoms with Gasteiger partial charge in [-0.2, -0.15) is 0 Å². The zero-order valence-corrected chi connectivity index (χ0v) is 6.97. The van der Waals surface area contributed by atoms with Crippen LogP contribution in [0.2, 0.25) is 0 Å². The van der Waals surface area contributed by atoms with Gasteiger partial charge in [0, 0.05) is 12.6 Å². The summed E-state index contributed by atoms with van der Waals surface area (Å²) in [5.41, 5.74) is 2.71. The van der Waals surface area contributed by atoms with Crippen LogP contribution in [0.4, 0.5) is 0 Å². The van der Waals surface area contributed by atoms with Crippen LogP contribution in [0.5, 0.6) is 0 Å². The van der Waals surface area contributed by atoms with Gasteiger partial charge in [-0.15, -0.1) is 0 Å². The number of rotatable bonds is 4. The van der Waals surface area contributed by atoms with Crippen LogP contribution in [0.15, 0.2) is 24.1 Å². The molecule has 1 heterocycles. The third-order valence-corrected chi connectivity index (χ3v) is 1.66. The van der Waals surface area contributed by atoms with Crippen molar-refractivity contribution in [2.24, 2.45) is 0 Å². The molecule has 11 heavy (non-hydrogen) atoms. The fraction of sp³-hybridized carbons (Fsp3) is 0.556. The lowest BCUT2D eigenvalue weighted by Gasteiger charge is -2.10. The lowest BCUT2D eigenvalue weighted by molar-refractivity contribution is 0.129. The van der Waals surface area contributed by atoms with E-state index in [0.717, 1.165) is 12.2 Å². The van der Waals surface area contributed by atoms with Gasteiger partial charge in [-0.3, -0.25) is 0 Å². The van der Waals surface area contributed by atoms with Crippen molar-refractivity contribution in [1.82, 2.24) is 5.48 Å². The van der Waals surface area contributed by atoms with E-state index in [1.807, 2.05) is 12.2 Å². The van der Waals surface area contributed by atoms with Crippen LogP contribution < -0.4 is 5.48 Å². The van der Waals surface area contributed by atoms with Crippen LogP contribution in [0, 0.1) is 0 Å². The van der Waals surface area contributed by atoms with Crippen LogP contribution in [0.1, 0.15) is 32.6 Å². The normalized spacial score (nSPS) is 15.2. The van der Waals surface area contributed by atoms with Gasteiger partial charge in [0.1, 0.15) is 5.76 Å². The molecule has 0 atom stereocenters. The molecular formula is C9H15NO. The lowest BCUT2D eigenvalue weighted by Crippen LogP contribution is -2.09. The van der Waals surface area contributed by atoms with Crippen LogP contribution in [-0.2, 0) is 4.84 Å². The summed E-state index contributed by atoms with van der Waals surface area (Å²) in [6, 6.07) is 0. The molecule has 1 N–H and O–H groups in total. The Kier molecular flexibility index (Phi) is 3.59. The average molecular weight is 153 g/mol. The number of hydroxylamine groups is 1. The Morgan fingerprint density at radius 3 is 3.00 bits per heavy atom. The molecule has 0 fully saturated rings. The molecule has 0 aliphatic carbocycles. The Morgan fingerprint density at radius 1 is 1.45 bits per heavy atom. The molecule has 0 spiro atoms. The average Bonchev–Trinajstić information content (AvgIpc) is 2.07. The number of nitrogens with one attached hydrogen (secondary N) is 1. The largest absolute Gasteiger partial charge is 0.387 e. The molecule has 0 bridgehead atoms. The number of hydrogen-bond donors (Lipinski definition) is 1. The van der Waals surface area contributed by atoms with Crippen molar-refractivity contribution in [2.75, 3.05) is 0 Å². The zero-order valence-electron chi connectivity index (χ0n) is 6.97. The topological polar surface area (TPSA) is 21.3 Å². The second kappa shape index (κ2) is 4.83. The van der Waals surface area contributed by atoms with Crippen molar-refractivity contribution in [3.63, 3.8) is 0 Å². The highest BCUT2D eigenvalue weighted by molar-refractivity contribution is 5.09. The first-order chi connectivity index (χ1) is 5.43. The van der Waals surface area contributed by atoms with E-state index in [4.69, 9.17) is 4.84 Å². The van der Waals surface area contributed by atoms with E-state index in [9.17, 15) is 0 Å². The molecule has 0 amide bonds. The van der Waals surface area contributed by atoms with E-state index in [1.165, 1.54) is 19.3 Å². The molecule has 0 aromatic carbocycles. The van der Waals surface area contributed by atoms with Crippen molar-refractivity contribution in [3.8, 4) is 0 Å². The van der Waals surface area contributed by atoms with Gasteiger partial charge < -0.3 is 4.84 Å². The molecule has 62 valence electrons. The maximum absolute atomic E-state index is 5.15. The van der Waals surface area contributed by atoms with Gasteiger partial charge in [0.05, 0.1) is 0 Å². The van der Waals surface area contributed by atoms with Gasteiger partial charge in [-0.05, 0) is 18.6 Å². The quantitative estimate of drug-likeness (QED) is 0.626. The maximum Gasteiger partial charge on any atom is 0.132 e. The highest BCUT2D eigenvalue weighted by Gasteiger charge is 1.98. The molecule has 1 rings (SSSR count). The smallest absolute Gasteiger partial charge is 0.132 e. The molecular weight excluding hydrogens is 138 g/mol. The van der Waals surface area contributed by atoms with Crippen LogP contribution in [-0.4, -0.2) is 0 Å². The summed E-state index contributed by atoms with van der Waals surface area (Å²) >= 11 is 0. The third kappa shape index (κ3) is 3.12. The highest BCUT2D eigenvalue weighted by Crippen LogP contribution is 2.10. The Hall–Kier alpha value is -0.920. The van der Waals surface area contributed by atoms with E-state index in [2.05, 4.69) is 12.4 Å².